The van der Waals surface area contributed by atoms with Gasteiger partial charge < -0.3 is 5.11 Å². The summed E-state index contributed by atoms with van der Waals surface area (Å²) >= 11 is 0. The molecule has 0 aliphatic heterocycles. The fraction of sp³-hybridized carbons (Fsp3) is 0.333. The van der Waals surface area contributed by atoms with Crippen LogP contribution in [-0.2, 0) is 6.42 Å². The van der Waals surface area contributed by atoms with Crippen molar-refractivity contribution in [2.45, 2.75) is 19.4 Å². The van der Waals surface area contributed by atoms with Crippen LogP contribution in [0, 0.1) is 5.92 Å². The summed E-state index contributed by atoms with van der Waals surface area (Å²) in [4.78, 5) is 0. The molecule has 0 aliphatic rings. The first-order chi connectivity index (χ1) is 6.24. The van der Waals surface area contributed by atoms with Crippen LogP contribution in [0.2, 0.25) is 0 Å². The molecule has 1 N–H and O–H groups in total. The molecule has 13 heavy (non-hydrogen) atoms. The zero-order valence-corrected chi connectivity index (χ0v) is 7.98. The van der Waals surface area contributed by atoms with Crippen molar-refractivity contribution in [3.63, 3.8) is 0 Å². The fourth-order valence-corrected chi connectivity index (χ4v) is 1.34. The quantitative estimate of drug-likeness (QED) is 0.698. The van der Waals surface area contributed by atoms with Gasteiger partial charge in [0.15, 0.2) is 0 Å². The Balaban J connectivity index is 2.54. The lowest BCUT2D eigenvalue weighted by Gasteiger charge is -2.14. The molecule has 0 saturated heterocycles. The van der Waals surface area contributed by atoms with Crippen molar-refractivity contribution in [1.29, 1.82) is 0 Å². The highest BCUT2D eigenvalue weighted by molar-refractivity contribution is 5.15. The Morgan fingerprint density at radius 3 is 2.54 bits per heavy atom. The molecule has 0 aliphatic carbocycles. The maximum atomic E-state index is 9.47. The molecule has 1 nitrogen and oxygen atoms in total. The van der Waals surface area contributed by atoms with Gasteiger partial charge >= 0.3 is 0 Å². The average Bonchev–Trinajstić information content (AvgIpc) is 2.18. The third-order valence-corrected chi connectivity index (χ3v) is 2.23. The van der Waals surface area contributed by atoms with Crippen LogP contribution in [0.5, 0.6) is 0 Å². The van der Waals surface area contributed by atoms with Crippen LogP contribution >= 0.6 is 0 Å². The van der Waals surface area contributed by atoms with Gasteiger partial charge in [0.2, 0.25) is 0 Å². The molecule has 0 bridgehead atoms. The molecule has 1 heteroatoms. The van der Waals surface area contributed by atoms with E-state index in [2.05, 4.69) is 18.7 Å². The molecule has 0 heterocycles. The second-order valence-electron chi connectivity index (χ2n) is 3.39. The summed E-state index contributed by atoms with van der Waals surface area (Å²) < 4.78 is 0. The van der Waals surface area contributed by atoms with Crippen LogP contribution in [0.3, 0.4) is 0 Å². The molecule has 1 aromatic rings. The third-order valence-electron chi connectivity index (χ3n) is 2.23. The van der Waals surface area contributed by atoms with Gasteiger partial charge in [-0.2, -0.15) is 0 Å². The van der Waals surface area contributed by atoms with Gasteiger partial charge in [-0.25, -0.2) is 0 Å². The normalized spacial score (nSPS) is 14.9. The van der Waals surface area contributed by atoms with E-state index in [9.17, 15) is 5.11 Å². The number of hydrogen-bond acceptors (Lipinski definition) is 1. The molecule has 0 amide bonds. The molecule has 0 fully saturated rings. The minimum atomic E-state index is -0.403. The Morgan fingerprint density at radius 2 is 2.00 bits per heavy atom. The fourth-order valence-electron chi connectivity index (χ4n) is 1.34. The highest BCUT2D eigenvalue weighted by atomic mass is 16.3. The Bertz CT molecular complexity index is 253. The third kappa shape index (κ3) is 3.03. The van der Waals surface area contributed by atoms with Crippen LogP contribution in [0.25, 0.3) is 0 Å². The number of rotatable bonds is 4. The molecule has 0 saturated carbocycles. The van der Waals surface area contributed by atoms with E-state index in [1.807, 2.05) is 25.1 Å². The number of aliphatic hydroxyl groups is 1. The maximum absolute atomic E-state index is 9.47. The van der Waals surface area contributed by atoms with Crippen LogP contribution in [0.15, 0.2) is 43.0 Å². The van der Waals surface area contributed by atoms with Crippen LogP contribution in [0.1, 0.15) is 12.5 Å². The number of aliphatic hydroxyl groups excluding tert-OH is 1. The lowest BCUT2D eigenvalue weighted by molar-refractivity contribution is 0.162. The Hall–Kier alpha value is -1.08. The first-order valence-corrected chi connectivity index (χ1v) is 4.58. The summed E-state index contributed by atoms with van der Waals surface area (Å²) in [7, 11) is 0. The first kappa shape index (κ1) is 10.0. The molecule has 2 atom stereocenters. The summed E-state index contributed by atoms with van der Waals surface area (Å²) in [5.74, 6) is 0.236. The largest absolute Gasteiger partial charge is 0.389 e. The van der Waals surface area contributed by atoms with Gasteiger partial charge in [-0.15, -0.1) is 6.58 Å². The molecular weight excluding hydrogens is 160 g/mol. The van der Waals surface area contributed by atoms with E-state index in [1.165, 1.54) is 5.56 Å². The predicted molar refractivity (Wildman–Crippen MR) is 55.5 cm³/mol. The van der Waals surface area contributed by atoms with E-state index < -0.39 is 6.10 Å². The molecular formula is C12H16O. The monoisotopic (exact) mass is 176 g/mol. The van der Waals surface area contributed by atoms with E-state index in [-0.39, 0.29) is 5.92 Å². The van der Waals surface area contributed by atoms with E-state index in [0.29, 0.717) is 0 Å². The van der Waals surface area contributed by atoms with Crippen LogP contribution in [-0.4, -0.2) is 11.2 Å². The average molecular weight is 176 g/mol. The van der Waals surface area contributed by atoms with Gasteiger partial charge in [0.05, 0.1) is 6.10 Å². The maximum Gasteiger partial charge on any atom is 0.0746 e. The predicted octanol–water partition coefficient (Wildman–Crippen LogP) is 2.41. The summed E-state index contributed by atoms with van der Waals surface area (Å²) in [6.07, 6.45) is 2.09. The van der Waals surface area contributed by atoms with Crippen molar-refractivity contribution in [2.75, 3.05) is 0 Å². The molecule has 70 valence electrons. The molecule has 0 aromatic heterocycles. The van der Waals surface area contributed by atoms with Gasteiger partial charge in [-0.1, -0.05) is 43.3 Å². The van der Waals surface area contributed by atoms with Crippen molar-refractivity contribution in [1.82, 2.24) is 0 Å². The summed E-state index contributed by atoms with van der Waals surface area (Å²) in [6.45, 7) is 5.60. The zero-order chi connectivity index (χ0) is 9.68. The molecule has 0 spiro atoms. The van der Waals surface area contributed by atoms with Crippen molar-refractivity contribution in [3.8, 4) is 0 Å². The SMILES string of the molecule is C=C[C@@H](O)[C@H](C)Cc1ccccc1. The second kappa shape index (κ2) is 4.83. The number of benzene rings is 1. The molecule has 1 rings (SSSR count). The summed E-state index contributed by atoms with van der Waals surface area (Å²) in [5, 5.41) is 9.47. The molecule has 1 aromatic carbocycles. The smallest absolute Gasteiger partial charge is 0.0746 e. The standard InChI is InChI=1S/C12H16O/c1-3-12(13)10(2)9-11-7-5-4-6-8-11/h3-8,10,12-13H,1,9H2,2H3/t10-,12-/m1/s1. The van der Waals surface area contributed by atoms with E-state index in [1.54, 1.807) is 6.08 Å². The highest BCUT2D eigenvalue weighted by Gasteiger charge is 2.10. The lowest BCUT2D eigenvalue weighted by Crippen LogP contribution is -2.16. The second-order valence-corrected chi connectivity index (χ2v) is 3.39. The van der Waals surface area contributed by atoms with E-state index in [4.69, 9.17) is 0 Å². The zero-order valence-electron chi connectivity index (χ0n) is 7.98. The molecule has 0 radical (unpaired) electrons. The topological polar surface area (TPSA) is 20.2 Å². The number of hydrogen-bond donors (Lipinski definition) is 1. The van der Waals surface area contributed by atoms with Gasteiger partial charge in [0, 0.05) is 0 Å². The van der Waals surface area contributed by atoms with Gasteiger partial charge in [0.25, 0.3) is 0 Å². The van der Waals surface area contributed by atoms with Crippen LogP contribution < -0.4 is 0 Å². The molecule has 0 unspecified atom stereocenters. The highest BCUT2D eigenvalue weighted by Crippen LogP contribution is 2.12. The Kier molecular flexibility index (Phi) is 3.71. The van der Waals surface area contributed by atoms with Gasteiger partial charge in [-0.05, 0) is 17.9 Å². The summed E-state index contributed by atoms with van der Waals surface area (Å²) in [6, 6.07) is 10.2. The van der Waals surface area contributed by atoms with Crippen LogP contribution in [0.4, 0.5) is 0 Å². The first-order valence-electron chi connectivity index (χ1n) is 4.58. The van der Waals surface area contributed by atoms with Crippen molar-refractivity contribution < 1.29 is 5.11 Å². The minimum absolute atomic E-state index is 0.236. The minimum Gasteiger partial charge on any atom is -0.389 e. The van der Waals surface area contributed by atoms with Crippen molar-refractivity contribution in [3.05, 3.63) is 48.6 Å². The van der Waals surface area contributed by atoms with Gasteiger partial charge in [-0.3, -0.25) is 0 Å². The Morgan fingerprint density at radius 1 is 1.38 bits per heavy atom. The van der Waals surface area contributed by atoms with Crippen molar-refractivity contribution in [2.24, 2.45) is 5.92 Å². The summed E-state index contributed by atoms with van der Waals surface area (Å²) in [5.41, 5.74) is 1.26. The van der Waals surface area contributed by atoms with Crippen molar-refractivity contribution >= 4 is 0 Å². The van der Waals surface area contributed by atoms with E-state index in [0.717, 1.165) is 6.42 Å². The Labute approximate surface area is 79.7 Å². The van der Waals surface area contributed by atoms with Gasteiger partial charge in [0.1, 0.15) is 0 Å². The van der Waals surface area contributed by atoms with E-state index >= 15 is 0 Å². The lowest BCUT2D eigenvalue weighted by atomic mass is 9.96.